The average molecular weight is 479 g/mol. The summed E-state index contributed by atoms with van der Waals surface area (Å²) in [4.78, 5) is 36.8. The highest BCUT2D eigenvalue weighted by Gasteiger charge is 2.35. The molecule has 2 amide bonds. The number of benzene rings is 2. The van der Waals surface area contributed by atoms with Crippen molar-refractivity contribution in [3.63, 3.8) is 0 Å². The summed E-state index contributed by atoms with van der Waals surface area (Å²) in [7, 11) is 0. The number of carbonyl (C=O) groups is 3. The Hall–Kier alpha value is -3.35. The lowest BCUT2D eigenvalue weighted by atomic mass is 9.89. The molecule has 7 nitrogen and oxygen atoms in total. The molecule has 7 heteroatoms. The minimum atomic E-state index is -0.908. The van der Waals surface area contributed by atoms with E-state index in [9.17, 15) is 19.5 Å². The standard InChI is InChI=1S/C28H34N2O5/c1-16(2)25(27(32)33)17(3)29-26(31)18-12-13-19(14-18)30-28(34)35-15-24-22-10-6-4-8-20(22)21-9-5-7-11-23(21)24/h4-11,16-19,24-25H,12-15H2,1-3H3,(H,29,31)(H,30,34)(H,32,33)/t17?,18-,19+,25?/m1/s1. The molecule has 186 valence electrons. The van der Waals surface area contributed by atoms with Crippen molar-refractivity contribution in [1.29, 1.82) is 0 Å². The van der Waals surface area contributed by atoms with E-state index in [0.717, 1.165) is 11.1 Å². The van der Waals surface area contributed by atoms with Gasteiger partial charge in [0, 0.05) is 23.9 Å². The molecule has 4 rings (SSSR count). The maximum absolute atomic E-state index is 12.7. The molecule has 1 fully saturated rings. The molecule has 0 saturated heterocycles. The van der Waals surface area contributed by atoms with Gasteiger partial charge in [0.15, 0.2) is 0 Å². The largest absolute Gasteiger partial charge is 0.481 e. The van der Waals surface area contributed by atoms with Crippen LogP contribution in [-0.4, -0.2) is 41.8 Å². The fourth-order valence-electron chi connectivity index (χ4n) is 5.67. The number of nitrogens with one attached hydrogen (secondary N) is 2. The first kappa shape index (κ1) is 24.8. The van der Waals surface area contributed by atoms with E-state index in [1.165, 1.54) is 11.1 Å². The molecule has 1 saturated carbocycles. The van der Waals surface area contributed by atoms with E-state index in [4.69, 9.17) is 4.74 Å². The molecule has 3 N–H and O–H groups in total. The molecule has 0 aromatic heterocycles. The molecule has 0 bridgehead atoms. The Morgan fingerprint density at radius 3 is 2.14 bits per heavy atom. The SMILES string of the molecule is CC(C)C(C(=O)O)C(C)NC(=O)[C@@H]1CC[C@H](NC(=O)OCC2c3ccccc3-c3ccccc32)C1. The highest BCUT2D eigenvalue weighted by atomic mass is 16.5. The van der Waals surface area contributed by atoms with Gasteiger partial charge in [0.25, 0.3) is 0 Å². The first-order valence-corrected chi connectivity index (χ1v) is 12.4. The van der Waals surface area contributed by atoms with Gasteiger partial charge in [-0.15, -0.1) is 0 Å². The zero-order valence-corrected chi connectivity index (χ0v) is 20.5. The van der Waals surface area contributed by atoms with Gasteiger partial charge in [-0.3, -0.25) is 9.59 Å². The zero-order chi connectivity index (χ0) is 25.1. The Bertz CT molecular complexity index is 1050. The Balaban J connectivity index is 1.28. The third-order valence-corrected chi connectivity index (χ3v) is 7.38. The smallest absolute Gasteiger partial charge is 0.407 e. The maximum atomic E-state index is 12.7. The van der Waals surface area contributed by atoms with Crippen molar-refractivity contribution in [3.05, 3.63) is 59.7 Å². The molecule has 0 heterocycles. The monoisotopic (exact) mass is 478 g/mol. The number of hydrogen-bond acceptors (Lipinski definition) is 4. The molecule has 2 aliphatic rings. The summed E-state index contributed by atoms with van der Waals surface area (Å²) in [5.41, 5.74) is 4.68. The number of rotatable bonds is 8. The number of ether oxygens (including phenoxy) is 1. The lowest BCUT2D eigenvalue weighted by Crippen LogP contribution is -2.45. The van der Waals surface area contributed by atoms with Gasteiger partial charge in [-0.25, -0.2) is 4.79 Å². The number of hydrogen-bond donors (Lipinski definition) is 3. The van der Waals surface area contributed by atoms with Crippen LogP contribution in [0.1, 0.15) is 57.1 Å². The van der Waals surface area contributed by atoms with E-state index in [0.29, 0.717) is 19.3 Å². The predicted octanol–water partition coefficient (Wildman–Crippen LogP) is 4.56. The maximum Gasteiger partial charge on any atom is 0.407 e. The van der Waals surface area contributed by atoms with Crippen LogP contribution in [0.25, 0.3) is 11.1 Å². The highest BCUT2D eigenvalue weighted by molar-refractivity contribution is 5.81. The summed E-state index contributed by atoms with van der Waals surface area (Å²) in [6.07, 6.45) is 1.37. The minimum Gasteiger partial charge on any atom is -0.481 e. The Morgan fingerprint density at radius 2 is 1.57 bits per heavy atom. The van der Waals surface area contributed by atoms with Crippen molar-refractivity contribution in [2.75, 3.05) is 6.61 Å². The average Bonchev–Trinajstić information content (AvgIpc) is 3.40. The fourth-order valence-corrected chi connectivity index (χ4v) is 5.67. The molecule has 2 aromatic carbocycles. The van der Waals surface area contributed by atoms with Crippen molar-refractivity contribution < 1.29 is 24.2 Å². The van der Waals surface area contributed by atoms with E-state index in [-0.39, 0.29) is 36.3 Å². The number of fused-ring (bicyclic) bond motifs is 3. The normalized spacial score (nSPS) is 20.6. The van der Waals surface area contributed by atoms with Crippen LogP contribution in [0.4, 0.5) is 4.79 Å². The third kappa shape index (κ3) is 5.34. The fraction of sp³-hybridized carbons (Fsp3) is 0.464. The number of carbonyl (C=O) groups excluding carboxylic acids is 2. The zero-order valence-electron chi connectivity index (χ0n) is 20.5. The molecule has 0 aliphatic heterocycles. The Kier molecular flexibility index (Phi) is 7.43. The van der Waals surface area contributed by atoms with Crippen LogP contribution < -0.4 is 10.6 Å². The van der Waals surface area contributed by atoms with Crippen molar-refractivity contribution >= 4 is 18.0 Å². The third-order valence-electron chi connectivity index (χ3n) is 7.38. The molecule has 2 unspecified atom stereocenters. The molecule has 2 aliphatic carbocycles. The lowest BCUT2D eigenvalue weighted by molar-refractivity contribution is -0.144. The number of amides is 2. The number of carboxylic acid groups (broad SMARTS) is 1. The Labute approximate surface area is 206 Å². The van der Waals surface area contributed by atoms with Crippen molar-refractivity contribution in [2.45, 2.75) is 58.0 Å². The van der Waals surface area contributed by atoms with Gasteiger partial charge in [-0.2, -0.15) is 0 Å². The number of carboxylic acids is 1. The highest BCUT2D eigenvalue weighted by Crippen LogP contribution is 2.44. The lowest BCUT2D eigenvalue weighted by Gasteiger charge is -2.25. The summed E-state index contributed by atoms with van der Waals surface area (Å²) >= 11 is 0. The predicted molar refractivity (Wildman–Crippen MR) is 133 cm³/mol. The molecular weight excluding hydrogens is 444 g/mol. The van der Waals surface area contributed by atoms with E-state index in [1.54, 1.807) is 6.92 Å². The van der Waals surface area contributed by atoms with Gasteiger partial charge < -0.3 is 20.5 Å². The summed E-state index contributed by atoms with van der Waals surface area (Å²) < 4.78 is 5.63. The Morgan fingerprint density at radius 1 is 0.971 bits per heavy atom. The molecule has 4 atom stereocenters. The molecule has 2 aromatic rings. The topological polar surface area (TPSA) is 105 Å². The van der Waals surface area contributed by atoms with Gasteiger partial charge >= 0.3 is 12.1 Å². The first-order valence-electron chi connectivity index (χ1n) is 12.4. The van der Waals surface area contributed by atoms with Gasteiger partial charge in [-0.1, -0.05) is 62.4 Å². The van der Waals surface area contributed by atoms with Gasteiger partial charge in [0.05, 0.1) is 5.92 Å². The van der Waals surface area contributed by atoms with Crippen LogP contribution in [0.3, 0.4) is 0 Å². The van der Waals surface area contributed by atoms with Crippen LogP contribution in [0.2, 0.25) is 0 Å². The van der Waals surface area contributed by atoms with E-state index < -0.39 is 24.0 Å². The molecule has 0 spiro atoms. The second kappa shape index (κ2) is 10.5. The summed E-state index contributed by atoms with van der Waals surface area (Å²) in [6.45, 7) is 5.66. The molecular formula is C28H34N2O5. The summed E-state index contributed by atoms with van der Waals surface area (Å²) in [5, 5.41) is 15.2. The second-order valence-electron chi connectivity index (χ2n) is 10.1. The quantitative estimate of drug-likeness (QED) is 0.516. The first-order chi connectivity index (χ1) is 16.8. The van der Waals surface area contributed by atoms with E-state index >= 15 is 0 Å². The minimum absolute atomic E-state index is 0.000111. The van der Waals surface area contributed by atoms with Crippen molar-refractivity contribution in [1.82, 2.24) is 10.6 Å². The number of alkyl carbamates (subject to hydrolysis) is 1. The van der Waals surface area contributed by atoms with Crippen molar-refractivity contribution in [3.8, 4) is 11.1 Å². The van der Waals surface area contributed by atoms with Gasteiger partial charge in [0.1, 0.15) is 6.61 Å². The summed E-state index contributed by atoms with van der Waals surface area (Å²) in [5.74, 6) is -2.04. The van der Waals surface area contributed by atoms with E-state index in [1.807, 2.05) is 38.1 Å². The van der Waals surface area contributed by atoms with Crippen LogP contribution in [0.5, 0.6) is 0 Å². The van der Waals surface area contributed by atoms with Crippen molar-refractivity contribution in [2.24, 2.45) is 17.8 Å². The van der Waals surface area contributed by atoms with Crippen LogP contribution in [0.15, 0.2) is 48.5 Å². The van der Waals surface area contributed by atoms with Gasteiger partial charge in [-0.05, 0) is 54.4 Å². The summed E-state index contributed by atoms with van der Waals surface area (Å²) in [6, 6.07) is 15.8. The number of aliphatic carboxylic acids is 1. The molecule has 0 radical (unpaired) electrons. The van der Waals surface area contributed by atoms with Crippen LogP contribution >= 0.6 is 0 Å². The van der Waals surface area contributed by atoms with E-state index in [2.05, 4.69) is 34.9 Å². The van der Waals surface area contributed by atoms with Crippen LogP contribution in [-0.2, 0) is 14.3 Å². The second-order valence-corrected chi connectivity index (χ2v) is 10.1. The van der Waals surface area contributed by atoms with Gasteiger partial charge in [0.2, 0.25) is 5.91 Å². The van der Waals surface area contributed by atoms with Crippen LogP contribution in [0, 0.1) is 17.8 Å². The molecule has 35 heavy (non-hydrogen) atoms.